The lowest BCUT2D eigenvalue weighted by Gasteiger charge is -2.12. The Bertz CT molecular complexity index is 583. The van der Waals surface area contributed by atoms with Gasteiger partial charge in [0.1, 0.15) is 4.90 Å². The molecule has 1 fully saturated rings. The first kappa shape index (κ1) is 15.5. The van der Waals surface area contributed by atoms with Gasteiger partial charge in [0, 0.05) is 34.9 Å². The van der Waals surface area contributed by atoms with Gasteiger partial charge in [-0.1, -0.05) is 19.1 Å². The lowest BCUT2D eigenvalue weighted by atomic mass is 10.3. The summed E-state index contributed by atoms with van der Waals surface area (Å²) < 4.78 is 38.5. The van der Waals surface area contributed by atoms with Gasteiger partial charge in [0.25, 0.3) is 0 Å². The lowest BCUT2D eigenvalue weighted by Crippen LogP contribution is -2.26. The first-order valence-electron chi connectivity index (χ1n) is 6.73. The van der Waals surface area contributed by atoms with E-state index in [0.29, 0.717) is 23.7 Å². The molecule has 0 bridgehead atoms. The van der Waals surface area contributed by atoms with Crippen LogP contribution in [0.5, 0.6) is 0 Å². The van der Waals surface area contributed by atoms with Gasteiger partial charge < -0.3 is 5.32 Å². The number of benzene rings is 1. The van der Waals surface area contributed by atoms with Crippen molar-refractivity contribution in [2.24, 2.45) is 0 Å². The summed E-state index contributed by atoms with van der Waals surface area (Å²) in [5, 5.41) is 3.07. The van der Waals surface area contributed by atoms with E-state index in [1.807, 2.05) is 6.92 Å². The highest BCUT2D eigenvalue weighted by molar-refractivity contribution is 7.89. The van der Waals surface area contributed by atoms with Crippen LogP contribution in [0.2, 0.25) is 0 Å². The molecule has 1 saturated carbocycles. The first-order valence-corrected chi connectivity index (χ1v) is 9.70. The van der Waals surface area contributed by atoms with Crippen LogP contribution < -0.4 is 10.0 Å². The Morgan fingerprint density at radius 3 is 2.65 bits per heavy atom. The van der Waals surface area contributed by atoms with Crippen molar-refractivity contribution in [3.63, 3.8) is 0 Å². The number of hydrogen-bond acceptors (Lipinski definition) is 4. The number of para-hydroxylation sites is 1. The molecule has 112 valence electrons. The highest BCUT2D eigenvalue weighted by atomic mass is 32.2. The molecule has 1 unspecified atom stereocenters. The van der Waals surface area contributed by atoms with Crippen molar-refractivity contribution < 1.29 is 12.6 Å². The molecule has 2 rings (SSSR count). The van der Waals surface area contributed by atoms with Crippen LogP contribution in [0.1, 0.15) is 19.8 Å². The third kappa shape index (κ3) is 4.29. The molecular weight excluding hydrogens is 296 g/mol. The zero-order valence-electron chi connectivity index (χ0n) is 11.5. The van der Waals surface area contributed by atoms with Crippen LogP contribution in [0.15, 0.2) is 29.2 Å². The second-order valence-electron chi connectivity index (χ2n) is 4.75. The van der Waals surface area contributed by atoms with Crippen LogP contribution in [0.3, 0.4) is 0 Å². The number of anilines is 1. The van der Waals surface area contributed by atoms with Crippen LogP contribution in [0, 0.1) is 0 Å². The van der Waals surface area contributed by atoms with Crippen molar-refractivity contribution in [2.45, 2.75) is 30.7 Å². The van der Waals surface area contributed by atoms with E-state index in [0.717, 1.165) is 12.8 Å². The second-order valence-corrected chi connectivity index (χ2v) is 8.30. The zero-order chi connectivity index (χ0) is 14.6. The maximum absolute atomic E-state index is 12.2. The average Bonchev–Trinajstić information content (AvgIpc) is 3.22. The molecule has 20 heavy (non-hydrogen) atoms. The van der Waals surface area contributed by atoms with Crippen LogP contribution >= 0.6 is 0 Å². The van der Waals surface area contributed by atoms with Gasteiger partial charge in [-0.2, -0.15) is 0 Å². The molecule has 0 saturated heterocycles. The summed E-state index contributed by atoms with van der Waals surface area (Å²) in [6.45, 7) is 2.37. The van der Waals surface area contributed by atoms with E-state index in [1.165, 1.54) is 0 Å². The summed E-state index contributed by atoms with van der Waals surface area (Å²) in [4.78, 5) is 0.259. The molecule has 1 aliphatic carbocycles. The number of rotatable bonds is 8. The van der Waals surface area contributed by atoms with Gasteiger partial charge in [-0.05, 0) is 25.0 Å². The van der Waals surface area contributed by atoms with Gasteiger partial charge >= 0.3 is 0 Å². The zero-order valence-corrected chi connectivity index (χ0v) is 13.1. The summed E-state index contributed by atoms with van der Waals surface area (Å²) in [6, 6.07) is 6.90. The summed E-state index contributed by atoms with van der Waals surface area (Å²) in [5.74, 6) is 1.13. The number of hydrogen-bond donors (Lipinski definition) is 2. The second kappa shape index (κ2) is 6.69. The fourth-order valence-electron chi connectivity index (χ4n) is 1.77. The molecule has 0 heterocycles. The standard InChI is InChI=1S/C13H20N2O3S2/c1-2-19(16)10-9-14-12-5-3-4-6-13(12)20(17,18)15-11-7-8-11/h3-6,11,14-15H,2,7-10H2,1H3. The van der Waals surface area contributed by atoms with Crippen LogP contribution in [-0.2, 0) is 20.8 Å². The van der Waals surface area contributed by atoms with E-state index >= 15 is 0 Å². The highest BCUT2D eigenvalue weighted by Crippen LogP contribution is 2.25. The van der Waals surface area contributed by atoms with Crippen LogP contribution in [0.4, 0.5) is 5.69 Å². The third-order valence-electron chi connectivity index (χ3n) is 3.04. The molecule has 2 N–H and O–H groups in total. The predicted molar refractivity (Wildman–Crippen MR) is 81.8 cm³/mol. The van der Waals surface area contributed by atoms with Crippen molar-refractivity contribution in [2.75, 3.05) is 23.4 Å². The minimum absolute atomic E-state index is 0.0839. The minimum Gasteiger partial charge on any atom is -0.383 e. The number of sulfonamides is 1. The molecule has 5 nitrogen and oxygen atoms in total. The Morgan fingerprint density at radius 1 is 1.30 bits per heavy atom. The molecule has 1 atom stereocenters. The lowest BCUT2D eigenvalue weighted by molar-refractivity contribution is 0.581. The quantitative estimate of drug-likeness (QED) is 0.758. The topological polar surface area (TPSA) is 75.3 Å². The Balaban J connectivity index is 2.07. The van der Waals surface area contributed by atoms with Gasteiger partial charge in [-0.15, -0.1) is 0 Å². The normalized spacial score (nSPS) is 16.9. The molecule has 7 heteroatoms. The molecule has 0 spiro atoms. The van der Waals surface area contributed by atoms with E-state index in [2.05, 4.69) is 10.0 Å². The molecule has 1 aliphatic rings. The molecule has 0 radical (unpaired) electrons. The minimum atomic E-state index is -3.47. The number of nitrogens with one attached hydrogen (secondary N) is 2. The smallest absolute Gasteiger partial charge is 0.242 e. The van der Waals surface area contributed by atoms with Gasteiger partial charge in [-0.25, -0.2) is 13.1 Å². The molecule has 0 amide bonds. The van der Waals surface area contributed by atoms with Crippen LogP contribution in [0.25, 0.3) is 0 Å². The molecule has 0 aliphatic heterocycles. The van der Waals surface area contributed by atoms with Gasteiger partial charge in [0.2, 0.25) is 10.0 Å². The van der Waals surface area contributed by atoms with Crippen molar-refractivity contribution >= 4 is 26.5 Å². The van der Waals surface area contributed by atoms with Crippen LogP contribution in [-0.4, -0.2) is 36.7 Å². The van der Waals surface area contributed by atoms with Gasteiger partial charge in [0.15, 0.2) is 0 Å². The van der Waals surface area contributed by atoms with Crippen molar-refractivity contribution in [3.05, 3.63) is 24.3 Å². The van der Waals surface area contributed by atoms with E-state index in [4.69, 9.17) is 0 Å². The van der Waals surface area contributed by atoms with Gasteiger partial charge in [0.05, 0.1) is 5.69 Å². The largest absolute Gasteiger partial charge is 0.383 e. The van der Waals surface area contributed by atoms with E-state index in [-0.39, 0.29) is 10.9 Å². The van der Waals surface area contributed by atoms with Crippen molar-refractivity contribution in [1.29, 1.82) is 0 Å². The van der Waals surface area contributed by atoms with E-state index in [9.17, 15) is 12.6 Å². The third-order valence-corrected chi connectivity index (χ3v) is 5.92. The molecule has 0 aromatic heterocycles. The Morgan fingerprint density at radius 2 is 2.00 bits per heavy atom. The van der Waals surface area contributed by atoms with E-state index in [1.54, 1.807) is 24.3 Å². The maximum atomic E-state index is 12.2. The Hall–Kier alpha value is -0.920. The fourth-order valence-corrected chi connectivity index (χ4v) is 3.88. The predicted octanol–water partition coefficient (Wildman–Crippen LogP) is 1.31. The summed E-state index contributed by atoms with van der Waals surface area (Å²) in [7, 11) is -4.33. The maximum Gasteiger partial charge on any atom is 0.242 e. The summed E-state index contributed by atoms with van der Waals surface area (Å²) >= 11 is 0. The summed E-state index contributed by atoms with van der Waals surface area (Å²) in [5.41, 5.74) is 0.564. The fraction of sp³-hybridized carbons (Fsp3) is 0.538. The van der Waals surface area contributed by atoms with Crippen molar-refractivity contribution in [1.82, 2.24) is 4.72 Å². The average molecular weight is 316 g/mol. The Kier molecular flexibility index (Phi) is 5.17. The molecular formula is C13H20N2O3S2. The summed E-state index contributed by atoms with van der Waals surface area (Å²) in [6.07, 6.45) is 1.81. The Labute approximate surface area is 122 Å². The first-order chi connectivity index (χ1) is 9.53. The SMILES string of the molecule is CCS(=O)CCNc1ccccc1S(=O)(=O)NC1CC1. The highest BCUT2D eigenvalue weighted by Gasteiger charge is 2.29. The van der Waals surface area contributed by atoms with Gasteiger partial charge in [-0.3, -0.25) is 4.21 Å². The van der Waals surface area contributed by atoms with E-state index < -0.39 is 20.8 Å². The monoisotopic (exact) mass is 316 g/mol. The van der Waals surface area contributed by atoms with Crippen molar-refractivity contribution in [3.8, 4) is 0 Å². The molecule has 1 aromatic rings. The molecule has 1 aromatic carbocycles.